The molecule has 2 rings (SSSR count). The normalized spacial score (nSPS) is 10.8. The molecule has 0 heterocycles. The number of nitrogens with one attached hydrogen (secondary N) is 2. The van der Waals surface area contributed by atoms with Crippen LogP contribution in [0.4, 0.5) is 5.69 Å². The summed E-state index contributed by atoms with van der Waals surface area (Å²) in [6.45, 7) is 2.33. The summed E-state index contributed by atoms with van der Waals surface area (Å²) in [6.07, 6.45) is 2.02. The number of hydrogen-bond acceptors (Lipinski definition) is 5. The average molecular weight is 444 g/mol. The average Bonchev–Trinajstić information content (AvgIpc) is 2.69. The Hall–Kier alpha value is -2.98. The molecule has 0 radical (unpaired) electrons. The van der Waals surface area contributed by atoms with Gasteiger partial charge in [0, 0.05) is 22.9 Å². The molecular formula is C21H22BrN3O3. The van der Waals surface area contributed by atoms with Crippen LogP contribution in [-0.4, -0.2) is 26.7 Å². The van der Waals surface area contributed by atoms with E-state index in [0.717, 1.165) is 21.3 Å². The molecule has 0 saturated heterocycles. The molecule has 28 heavy (non-hydrogen) atoms. The number of carbonyl (C=O) groups is 1. The first kappa shape index (κ1) is 21.3. The van der Waals surface area contributed by atoms with E-state index in [0.29, 0.717) is 24.5 Å². The van der Waals surface area contributed by atoms with Crippen LogP contribution in [0.25, 0.3) is 0 Å². The van der Waals surface area contributed by atoms with E-state index < -0.39 is 5.91 Å². The number of carbonyl (C=O) groups excluding carboxylic acids is 1. The number of benzene rings is 2. The van der Waals surface area contributed by atoms with Crippen LogP contribution in [0, 0.1) is 18.3 Å². The number of rotatable bonds is 8. The molecule has 146 valence electrons. The second kappa shape index (κ2) is 10.4. The number of halogens is 1. The lowest BCUT2D eigenvalue weighted by Gasteiger charge is -2.10. The van der Waals surface area contributed by atoms with Gasteiger partial charge in [0.15, 0.2) is 11.5 Å². The van der Waals surface area contributed by atoms with Crippen molar-refractivity contribution in [3.63, 3.8) is 0 Å². The Morgan fingerprint density at radius 1 is 1.18 bits per heavy atom. The van der Waals surface area contributed by atoms with Crippen molar-refractivity contribution in [3.8, 4) is 17.6 Å². The fraction of sp³-hybridized carbons (Fsp3) is 0.238. The Morgan fingerprint density at radius 2 is 1.93 bits per heavy atom. The standard InChI is InChI=1S/C21H22BrN3O3/c1-14-10-17(22)5-6-18(14)25-13-16(12-23)21(26)24-9-8-15-4-7-19(27-2)20(11-15)28-3/h4-7,10-11,13,25H,8-9H2,1-3H3,(H,24,26)/b16-13-. The second-order valence-electron chi connectivity index (χ2n) is 5.97. The van der Waals surface area contributed by atoms with Crippen molar-refractivity contribution in [2.75, 3.05) is 26.1 Å². The molecule has 0 bridgehead atoms. The molecule has 1 amide bonds. The highest BCUT2D eigenvalue weighted by molar-refractivity contribution is 9.10. The Kier molecular flexibility index (Phi) is 7.90. The zero-order chi connectivity index (χ0) is 20.5. The van der Waals surface area contributed by atoms with E-state index >= 15 is 0 Å². The minimum Gasteiger partial charge on any atom is -0.493 e. The lowest BCUT2D eigenvalue weighted by Crippen LogP contribution is -2.27. The topological polar surface area (TPSA) is 83.4 Å². The zero-order valence-electron chi connectivity index (χ0n) is 16.0. The SMILES string of the molecule is COc1ccc(CCNC(=O)/C(C#N)=C\Nc2ccc(Br)cc2C)cc1OC. The minimum atomic E-state index is -0.426. The summed E-state index contributed by atoms with van der Waals surface area (Å²) in [7, 11) is 3.16. The van der Waals surface area contributed by atoms with Gasteiger partial charge in [-0.2, -0.15) is 5.26 Å². The highest BCUT2D eigenvalue weighted by Crippen LogP contribution is 2.27. The second-order valence-corrected chi connectivity index (χ2v) is 6.88. The van der Waals surface area contributed by atoms with Gasteiger partial charge in [-0.1, -0.05) is 22.0 Å². The van der Waals surface area contributed by atoms with Crippen LogP contribution < -0.4 is 20.1 Å². The van der Waals surface area contributed by atoms with E-state index in [2.05, 4.69) is 26.6 Å². The molecule has 0 saturated carbocycles. The van der Waals surface area contributed by atoms with Gasteiger partial charge >= 0.3 is 0 Å². The number of aryl methyl sites for hydroxylation is 1. The van der Waals surface area contributed by atoms with Crippen LogP contribution >= 0.6 is 15.9 Å². The summed E-state index contributed by atoms with van der Waals surface area (Å²) in [4.78, 5) is 12.3. The quantitative estimate of drug-likeness (QED) is 0.476. The van der Waals surface area contributed by atoms with Crippen LogP contribution in [-0.2, 0) is 11.2 Å². The van der Waals surface area contributed by atoms with Crippen molar-refractivity contribution in [2.24, 2.45) is 0 Å². The minimum absolute atomic E-state index is 0.00892. The van der Waals surface area contributed by atoms with Crippen LogP contribution in [0.3, 0.4) is 0 Å². The lowest BCUT2D eigenvalue weighted by molar-refractivity contribution is -0.117. The van der Waals surface area contributed by atoms with Gasteiger partial charge in [0.05, 0.1) is 14.2 Å². The number of amides is 1. The molecule has 2 aromatic rings. The third-order valence-corrected chi connectivity index (χ3v) is 4.57. The first-order valence-electron chi connectivity index (χ1n) is 8.60. The summed E-state index contributed by atoms with van der Waals surface area (Å²) in [5.74, 6) is 0.863. The molecule has 2 aromatic carbocycles. The summed E-state index contributed by atoms with van der Waals surface area (Å²) >= 11 is 3.40. The highest BCUT2D eigenvalue weighted by atomic mass is 79.9. The van der Waals surface area contributed by atoms with Gasteiger partial charge in [0.2, 0.25) is 0 Å². The maximum Gasteiger partial charge on any atom is 0.263 e. The molecule has 0 atom stereocenters. The van der Waals surface area contributed by atoms with Crippen LogP contribution in [0.5, 0.6) is 11.5 Å². The molecule has 0 fully saturated rings. The van der Waals surface area contributed by atoms with Gasteiger partial charge in [-0.25, -0.2) is 0 Å². The first-order valence-corrected chi connectivity index (χ1v) is 9.39. The molecule has 2 N–H and O–H groups in total. The Labute approximate surface area is 173 Å². The van der Waals surface area contributed by atoms with Gasteiger partial charge in [0.25, 0.3) is 5.91 Å². The Morgan fingerprint density at radius 3 is 2.57 bits per heavy atom. The molecule has 0 spiro atoms. The van der Waals surface area contributed by atoms with Gasteiger partial charge in [0.1, 0.15) is 11.6 Å². The molecule has 0 aliphatic heterocycles. The fourth-order valence-electron chi connectivity index (χ4n) is 2.54. The molecule has 0 unspecified atom stereocenters. The Balaban J connectivity index is 1.94. The van der Waals surface area contributed by atoms with Crippen LogP contribution in [0.15, 0.2) is 52.6 Å². The van der Waals surface area contributed by atoms with E-state index in [1.54, 1.807) is 14.2 Å². The van der Waals surface area contributed by atoms with E-state index in [1.807, 2.05) is 49.4 Å². The van der Waals surface area contributed by atoms with Gasteiger partial charge in [-0.05, 0) is 54.8 Å². The maximum atomic E-state index is 12.3. The number of anilines is 1. The Bertz CT molecular complexity index is 920. The molecule has 0 aliphatic rings. The number of nitrogens with zero attached hydrogens (tertiary/aromatic N) is 1. The van der Waals surface area contributed by atoms with Crippen molar-refractivity contribution in [1.82, 2.24) is 5.32 Å². The van der Waals surface area contributed by atoms with Gasteiger partial charge < -0.3 is 20.1 Å². The van der Waals surface area contributed by atoms with Crippen molar-refractivity contribution in [2.45, 2.75) is 13.3 Å². The van der Waals surface area contributed by atoms with E-state index in [-0.39, 0.29) is 5.57 Å². The summed E-state index contributed by atoms with van der Waals surface area (Å²) < 4.78 is 11.5. The fourth-order valence-corrected chi connectivity index (χ4v) is 3.01. The number of ether oxygens (including phenoxy) is 2. The summed E-state index contributed by atoms with van der Waals surface area (Å²) in [5.41, 5.74) is 2.82. The van der Waals surface area contributed by atoms with E-state index in [4.69, 9.17) is 9.47 Å². The van der Waals surface area contributed by atoms with Gasteiger partial charge in [-0.3, -0.25) is 4.79 Å². The monoisotopic (exact) mass is 443 g/mol. The van der Waals surface area contributed by atoms with Crippen molar-refractivity contribution in [1.29, 1.82) is 5.26 Å². The van der Waals surface area contributed by atoms with Gasteiger partial charge in [-0.15, -0.1) is 0 Å². The van der Waals surface area contributed by atoms with E-state index in [1.165, 1.54) is 6.20 Å². The van der Waals surface area contributed by atoms with E-state index in [9.17, 15) is 10.1 Å². The number of nitriles is 1. The predicted molar refractivity (Wildman–Crippen MR) is 112 cm³/mol. The highest BCUT2D eigenvalue weighted by Gasteiger charge is 2.09. The summed E-state index contributed by atoms with van der Waals surface area (Å²) in [5, 5.41) is 15.0. The largest absolute Gasteiger partial charge is 0.493 e. The van der Waals surface area contributed by atoms with Crippen LogP contribution in [0.1, 0.15) is 11.1 Å². The van der Waals surface area contributed by atoms with Crippen molar-refractivity contribution in [3.05, 3.63) is 63.8 Å². The van der Waals surface area contributed by atoms with Crippen LogP contribution in [0.2, 0.25) is 0 Å². The first-order chi connectivity index (χ1) is 13.5. The predicted octanol–water partition coefficient (Wildman–Crippen LogP) is 3.95. The number of hydrogen-bond donors (Lipinski definition) is 2. The molecular weight excluding hydrogens is 422 g/mol. The molecule has 6 nitrogen and oxygen atoms in total. The molecule has 7 heteroatoms. The lowest BCUT2D eigenvalue weighted by atomic mass is 10.1. The molecule has 0 aromatic heterocycles. The summed E-state index contributed by atoms with van der Waals surface area (Å²) in [6, 6.07) is 13.2. The van der Waals surface area contributed by atoms with Crippen molar-refractivity contribution >= 4 is 27.5 Å². The third kappa shape index (κ3) is 5.76. The third-order valence-electron chi connectivity index (χ3n) is 4.07. The zero-order valence-corrected chi connectivity index (χ0v) is 17.6. The smallest absolute Gasteiger partial charge is 0.263 e. The number of methoxy groups -OCH3 is 2. The molecule has 0 aliphatic carbocycles. The van der Waals surface area contributed by atoms with Crippen molar-refractivity contribution < 1.29 is 14.3 Å². The maximum absolute atomic E-state index is 12.3.